The standard InChI is InChI=1S/C17H29N3/c1-4-13-7-6-8-14(11-13)16(19-5-2)15-12(3)9-10-20-17(15)18/h9-10,13-14,16,19H,4-8,11H2,1-3H3,(H2,18,20). The molecule has 3 atom stereocenters. The molecule has 0 spiro atoms. The summed E-state index contributed by atoms with van der Waals surface area (Å²) in [4.78, 5) is 4.31. The van der Waals surface area contributed by atoms with Crippen LogP contribution in [0.5, 0.6) is 0 Å². The Balaban J connectivity index is 2.26. The second-order valence-corrected chi connectivity index (χ2v) is 6.16. The molecule has 0 amide bonds. The summed E-state index contributed by atoms with van der Waals surface area (Å²) in [6.07, 6.45) is 8.49. The van der Waals surface area contributed by atoms with Crippen molar-refractivity contribution in [3.63, 3.8) is 0 Å². The van der Waals surface area contributed by atoms with Gasteiger partial charge in [0.2, 0.25) is 0 Å². The second-order valence-electron chi connectivity index (χ2n) is 6.16. The molecule has 0 bridgehead atoms. The monoisotopic (exact) mass is 275 g/mol. The minimum absolute atomic E-state index is 0.364. The minimum atomic E-state index is 0.364. The van der Waals surface area contributed by atoms with Crippen LogP contribution in [-0.2, 0) is 0 Å². The lowest BCUT2D eigenvalue weighted by Gasteiger charge is -2.36. The summed E-state index contributed by atoms with van der Waals surface area (Å²) in [5.74, 6) is 2.28. The first-order valence-electron chi connectivity index (χ1n) is 8.11. The lowest BCUT2D eigenvalue weighted by atomic mass is 9.74. The Morgan fingerprint density at radius 3 is 2.85 bits per heavy atom. The van der Waals surface area contributed by atoms with E-state index in [9.17, 15) is 0 Å². The molecule has 1 aliphatic rings. The van der Waals surface area contributed by atoms with E-state index in [-0.39, 0.29) is 0 Å². The molecule has 1 aromatic rings. The summed E-state index contributed by atoms with van der Waals surface area (Å²) in [6, 6.07) is 2.44. The first kappa shape index (κ1) is 15.3. The van der Waals surface area contributed by atoms with E-state index in [0.29, 0.717) is 17.8 Å². The van der Waals surface area contributed by atoms with Crippen LogP contribution < -0.4 is 11.1 Å². The molecule has 0 aliphatic heterocycles. The molecule has 0 radical (unpaired) electrons. The third-order valence-corrected chi connectivity index (χ3v) is 4.85. The average Bonchev–Trinajstić information content (AvgIpc) is 2.46. The van der Waals surface area contributed by atoms with Gasteiger partial charge in [-0.25, -0.2) is 4.98 Å². The molecule has 1 aromatic heterocycles. The Kier molecular flexibility index (Phi) is 5.41. The van der Waals surface area contributed by atoms with Crippen molar-refractivity contribution in [3.8, 4) is 0 Å². The highest BCUT2D eigenvalue weighted by atomic mass is 14.9. The highest BCUT2D eigenvalue weighted by molar-refractivity contribution is 5.46. The first-order valence-corrected chi connectivity index (χ1v) is 8.11. The summed E-state index contributed by atoms with van der Waals surface area (Å²) in [7, 11) is 0. The quantitative estimate of drug-likeness (QED) is 0.858. The van der Waals surface area contributed by atoms with Crippen LogP contribution in [0.15, 0.2) is 12.3 Å². The molecule has 0 saturated heterocycles. The van der Waals surface area contributed by atoms with Gasteiger partial charge in [-0.1, -0.05) is 33.1 Å². The summed E-state index contributed by atoms with van der Waals surface area (Å²) >= 11 is 0. The molecule has 3 heteroatoms. The summed E-state index contributed by atoms with van der Waals surface area (Å²) < 4.78 is 0. The van der Waals surface area contributed by atoms with Gasteiger partial charge in [0, 0.05) is 17.8 Å². The van der Waals surface area contributed by atoms with Crippen molar-refractivity contribution in [1.29, 1.82) is 0 Å². The van der Waals surface area contributed by atoms with E-state index in [1.54, 1.807) is 0 Å². The zero-order valence-electron chi connectivity index (χ0n) is 13.2. The SMILES string of the molecule is CCNC(c1c(C)ccnc1N)C1CCCC(CC)C1. The second kappa shape index (κ2) is 7.07. The third-order valence-electron chi connectivity index (χ3n) is 4.85. The van der Waals surface area contributed by atoms with Gasteiger partial charge in [-0.2, -0.15) is 0 Å². The number of nitrogen functional groups attached to an aromatic ring is 1. The number of rotatable bonds is 5. The zero-order valence-corrected chi connectivity index (χ0v) is 13.2. The molecule has 3 nitrogen and oxygen atoms in total. The van der Waals surface area contributed by atoms with Crippen LogP contribution in [0.2, 0.25) is 0 Å². The summed E-state index contributed by atoms with van der Waals surface area (Å²) in [5, 5.41) is 3.67. The maximum atomic E-state index is 6.18. The van der Waals surface area contributed by atoms with Crippen LogP contribution in [0.4, 0.5) is 5.82 Å². The van der Waals surface area contributed by atoms with Gasteiger partial charge < -0.3 is 11.1 Å². The number of nitrogens with two attached hydrogens (primary N) is 1. The number of nitrogens with zero attached hydrogens (tertiary/aromatic N) is 1. The number of aromatic nitrogens is 1. The highest BCUT2D eigenvalue weighted by Crippen LogP contribution is 2.40. The van der Waals surface area contributed by atoms with Gasteiger partial charge in [-0.3, -0.25) is 0 Å². The fourth-order valence-electron chi connectivity index (χ4n) is 3.73. The molecule has 3 N–H and O–H groups in total. The number of aryl methyl sites for hydroxylation is 1. The van der Waals surface area contributed by atoms with Crippen LogP contribution >= 0.6 is 0 Å². The molecule has 1 saturated carbocycles. The van der Waals surface area contributed by atoms with E-state index < -0.39 is 0 Å². The van der Waals surface area contributed by atoms with Crippen LogP contribution in [0.3, 0.4) is 0 Å². The zero-order chi connectivity index (χ0) is 14.5. The summed E-state index contributed by atoms with van der Waals surface area (Å²) in [5.41, 5.74) is 8.67. The van der Waals surface area contributed by atoms with E-state index >= 15 is 0 Å². The largest absolute Gasteiger partial charge is 0.383 e. The molecule has 20 heavy (non-hydrogen) atoms. The third kappa shape index (κ3) is 3.32. The molecule has 112 valence electrons. The maximum Gasteiger partial charge on any atom is 0.128 e. The number of pyridine rings is 1. The van der Waals surface area contributed by atoms with E-state index in [1.165, 1.54) is 43.2 Å². The predicted molar refractivity (Wildman–Crippen MR) is 85.5 cm³/mol. The molecule has 1 aliphatic carbocycles. The fraction of sp³-hybridized carbons (Fsp3) is 0.706. The van der Waals surface area contributed by atoms with Crippen LogP contribution in [0, 0.1) is 18.8 Å². The van der Waals surface area contributed by atoms with Crippen molar-refractivity contribution >= 4 is 5.82 Å². The van der Waals surface area contributed by atoms with Crippen molar-refractivity contribution in [3.05, 3.63) is 23.4 Å². The van der Waals surface area contributed by atoms with Crippen molar-refractivity contribution in [2.45, 2.75) is 58.9 Å². The molecule has 1 heterocycles. The van der Waals surface area contributed by atoms with Gasteiger partial charge >= 0.3 is 0 Å². The van der Waals surface area contributed by atoms with E-state index in [4.69, 9.17) is 5.73 Å². The van der Waals surface area contributed by atoms with Gasteiger partial charge in [-0.05, 0) is 49.8 Å². The topological polar surface area (TPSA) is 50.9 Å². The minimum Gasteiger partial charge on any atom is -0.383 e. The Morgan fingerprint density at radius 1 is 1.40 bits per heavy atom. The average molecular weight is 275 g/mol. The van der Waals surface area contributed by atoms with E-state index in [2.05, 4.69) is 37.1 Å². The number of hydrogen-bond donors (Lipinski definition) is 2. The van der Waals surface area contributed by atoms with Gasteiger partial charge in [0.25, 0.3) is 0 Å². The highest BCUT2D eigenvalue weighted by Gasteiger charge is 2.30. The smallest absolute Gasteiger partial charge is 0.128 e. The maximum absolute atomic E-state index is 6.18. The van der Waals surface area contributed by atoms with Gasteiger partial charge in [0.15, 0.2) is 0 Å². The lowest BCUT2D eigenvalue weighted by Crippen LogP contribution is -2.33. The Bertz CT molecular complexity index is 410. The Hall–Kier alpha value is -1.09. The van der Waals surface area contributed by atoms with Crippen molar-refractivity contribution < 1.29 is 0 Å². The Labute approximate surface area is 123 Å². The van der Waals surface area contributed by atoms with Crippen molar-refractivity contribution in [2.24, 2.45) is 11.8 Å². The number of anilines is 1. The van der Waals surface area contributed by atoms with Gasteiger partial charge in [0.1, 0.15) is 5.82 Å². The molecular weight excluding hydrogens is 246 g/mol. The van der Waals surface area contributed by atoms with Crippen molar-refractivity contribution in [2.75, 3.05) is 12.3 Å². The Morgan fingerprint density at radius 2 is 2.20 bits per heavy atom. The summed E-state index contributed by atoms with van der Waals surface area (Å²) in [6.45, 7) is 7.62. The lowest BCUT2D eigenvalue weighted by molar-refractivity contribution is 0.210. The molecule has 0 aromatic carbocycles. The predicted octanol–water partition coefficient (Wildman–Crippen LogP) is 3.84. The normalized spacial score (nSPS) is 24.6. The molecule has 1 fully saturated rings. The van der Waals surface area contributed by atoms with Gasteiger partial charge in [0.05, 0.1) is 0 Å². The van der Waals surface area contributed by atoms with Crippen LogP contribution in [-0.4, -0.2) is 11.5 Å². The number of nitrogens with one attached hydrogen (secondary N) is 1. The van der Waals surface area contributed by atoms with Crippen LogP contribution in [0.1, 0.15) is 63.1 Å². The first-order chi connectivity index (χ1) is 9.67. The molecule has 2 rings (SSSR count). The molecular formula is C17H29N3. The van der Waals surface area contributed by atoms with E-state index in [1.807, 2.05) is 6.20 Å². The molecule has 3 unspecified atom stereocenters. The van der Waals surface area contributed by atoms with E-state index in [0.717, 1.165) is 12.5 Å². The number of hydrogen-bond acceptors (Lipinski definition) is 3. The van der Waals surface area contributed by atoms with Crippen LogP contribution in [0.25, 0.3) is 0 Å². The van der Waals surface area contributed by atoms with Gasteiger partial charge in [-0.15, -0.1) is 0 Å². The fourth-order valence-corrected chi connectivity index (χ4v) is 3.73. The van der Waals surface area contributed by atoms with Crippen molar-refractivity contribution in [1.82, 2.24) is 10.3 Å².